The Morgan fingerprint density at radius 1 is 1.04 bits per heavy atom. The van der Waals surface area contributed by atoms with Crippen LogP contribution in [-0.2, 0) is 24.0 Å². The molecule has 148 valence electrons. The molecule has 0 bridgehead atoms. The van der Waals surface area contributed by atoms with Crippen LogP contribution in [0.5, 0.6) is 0 Å². The van der Waals surface area contributed by atoms with E-state index in [0.29, 0.717) is 0 Å². The van der Waals surface area contributed by atoms with Crippen LogP contribution in [0.15, 0.2) is 0 Å². The third kappa shape index (κ3) is 10.5. The predicted molar refractivity (Wildman–Crippen MR) is 82.4 cm³/mol. The minimum absolute atomic E-state index is 0.0173. The van der Waals surface area contributed by atoms with E-state index in [9.17, 15) is 39.3 Å². The number of carboxylic acids is 3. The summed E-state index contributed by atoms with van der Waals surface area (Å²) in [6.07, 6.45) is -0.330. The summed E-state index contributed by atoms with van der Waals surface area (Å²) in [5.41, 5.74) is 3.30. The molecule has 0 aliphatic heterocycles. The molecular weight excluding hydrogens is 370 g/mol. The maximum atomic E-state index is 12.0. The quantitative estimate of drug-likeness (QED) is 0.272. The standard InChI is InChI=1S/C14H23N3O8S/c1-7(13(22)23)5-26-6-9(12(21)16-4-11(19)20)17-10(18)3-2-8(15)14(24)25/h7-9H,2-6,15H2,1H3,(H,16,21)(H,17,18)(H,19,20)(H,22,23)(H,24,25)/p-2/t7?,8-,9-/m0/s1. The smallest absolute Gasteiger partial charge is 0.243 e. The summed E-state index contributed by atoms with van der Waals surface area (Å²) >= 11 is 1.06. The van der Waals surface area contributed by atoms with Crippen LogP contribution in [0.2, 0.25) is 0 Å². The van der Waals surface area contributed by atoms with Crippen LogP contribution in [0, 0.1) is 5.92 Å². The van der Waals surface area contributed by atoms with Crippen molar-refractivity contribution in [2.24, 2.45) is 5.92 Å². The Bertz CT molecular complexity index is 542. The van der Waals surface area contributed by atoms with E-state index in [1.54, 1.807) is 0 Å². The Hall–Kier alpha value is -2.34. The summed E-state index contributed by atoms with van der Waals surface area (Å²) < 4.78 is 0. The van der Waals surface area contributed by atoms with Gasteiger partial charge in [0.1, 0.15) is 12.1 Å². The van der Waals surface area contributed by atoms with Crippen LogP contribution in [-0.4, -0.2) is 59.9 Å². The van der Waals surface area contributed by atoms with Crippen LogP contribution >= 0.6 is 11.8 Å². The van der Waals surface area contributed by atoms with Gasteiger partial charge in [-0.25, -0.2) is 0 Å². The predicted octanol–water partition coefficient (Wildman–Crippen LogP) is -6.40. The van der Waals surface area contributed by atoms with E-state index in [1.807, 2.05) is 0 Å². The van der Waals surface area contributed by atoms with Gasteiger partial charge in [0.05, 0.1) is 18.5 Å². The number of carboxylic acid groups (broad SMARTS) is 3. The first-order valence-corrected chi connectivity index (χ1v) is 8.79. The Labute approximate surface area is 153 Å². The number of hydrogen-bond acceptors (Lipinski definition) is 9. The molecule has 1 unspecified atom stereocenters. The van der Waals surface area contributed by atoms with Gasteiger partial charge >= 0.3 is 0 Å². The van der Waals surface area contributed by atoms with E-state index in [2.05, 4.69) is 16.4 Å². The summed E-state index contributed by atoms with van der Waals surface area (Å²) in [5, 5.41) is 36.0. The Kier molecular flexibility index (Phi) is 11.0. The Morgan fingerprint density at radius 3 is 2.15 bits per heavy atom. The third-order valence-corrected chi connectivity index (χ3v) is 4.47. The average Bonchev–Trinajstić information content (AvgIpc) is 2.55. The zero-order valence-electron chi connectivity index (χ0n) is 14.1. The van der Waals surface area contributed by atoms with Gasteiger partial charge in [0.2, 0.25) is 11.8 Å². The SMILES string of the molecule is CC(CSC[C@H](NC(=O)CC[C@H]([NH3+])C(=O)[O-])C(=O)NCC(=O)[O-])C(=O)[O-]. The molecule has 0 aliphatic carbocycles. The summed E-state index contributed by atoms with van der Waals surface area (Å²) in [7, 11) is 0. The third-order valence-electron chi connectivity index (χ3n) is 3.17. The second-order valence-corrected chi connectivity index (χ2v) is 6.60. The average molecular weight is 391 g/mol. The molecule has 0 aromatic rings. The van der Waals surface area contributed by atoms with Crippen LogP contribution in [0.3, 0.4) is 0 Å². The fourth-order valence-electron chi connectivity index (χ4n) is 1.59. The van der Waals surface area contributed by atoms with Gasteiger partial charge in [0, 0.05) is 36.2 Å². The molecule has 0 aromatic carbocycles. The fourth-order valence-corrected chi connectivity index (χ4v) is 2.68. The number of thioether (sulfide) groups is 1. The number of nitrogens with one attached hydrogen (secondary N) is 2. The van der Waals surface area contributed by atoms with E-state index >= 15 is 0 Å². The summed E-state index contributed by atoms with van der Waals surface area (Å²) in [5.74, 6) is -6.29. The van der Waals surface area contributed by atoms with Crippen LogP contribution < -0.4 is 31.7 Å². The molecule has 3 atom stereocenters. The van der Waals surface area contributed by atoms with Crippen LogP contribution in [0.4, 0.5) is 0 Å². The maximum Gasteiger partial charge on any atom is 0.243 e. The molecule has 0 heterocycles. The highest BCUT2D eigenvalue weighted by Crippen LogP contribution is 2.10. The van der Waals surface area contributed by atoms with Crippen molar-refractivity contribution in [1.82, 2.24) is 10.6 Å². The molecular formula is C14H21N3O8S-2. The zero-order chi connectivity index (χ0) is 20.3. The van der Waals surface area contributed by atoms with Gasteiger partial charge in [0.15, 0.2) is 0 Å². The highest BCUT2D eigenvalue weighted by atomic mass is 32.2. The van der Waals surface area contributed by atoms with E-state index in [1.165, 1.54) is 6.92 Å². The molecule has 12 heteroatoms. The van der Waals surface area contributed by atoms with Crippen molar-refractivity contribution in [1.29, 1.82) is 0 Å². The van der Waals surface area contributed by atoms with E-state index in [-0.39, 0.29) is 24.3 Å². The van der Waals surface area contributed by atoms with Crippen molar-refractivity contribution in [3.8, 4) is 0 Å². The number of carbonyl (C=O) groups is 5. The highest BCUT2D eigenvalue weighted by Gasteiger charge is 2.22. The minimum atomic E-state index is -1.52. The first-order valence-electron chi connectivity index (χ1n) is 7.64. The van der Waals surface area contributed by atoms with Crippen molar-refractivity contribution in [3.63, 3.8) is 0 Å². The van der Waals surface area contributed by atoms with Crippen molar-refractivity contribution < 1.29 is 45.0 Å². The fraction of sp³-hybridized carbons (Fsp3) is 0.643. The lowest BCUT2D eigenvalue weighted by Crippen LogP contribution is -2.68. The number of carbonyl (C=O) groups excluding carboxylic acids is 5. The van der Waals surface area contributed by atoms with Gasteiger partial charge in [-0.05, 0) is 0 Å². The minimum Gasteiger partial charge on any atom is -0.550 e. The zero-order valence-corrected chi connectivity index (χ0v) is 15.0. The van der Waals surface area contributed by atoms with Crippen LogP contribution in [0.1, 0.15) is 19.8 Å². The molecule has 0 saturated carbocycles. The summed E-state index contributed by atoms with van der Waals surface area (Å²) in [6.45, 7) is 0.664. The van der Waals surface area contributed by atoms with Crippen molar-refractivity contribution >= 4 is 41.5 Å². The number of aliphatic carboxylic acids is 3. The van der Waals surface area contributed by atoms with Crippen molar-refractivity contribution in [2.75, 3.05) is 18.1 Å². The van der Waals surface area contributed by atoms with Crippen molar-refractivity contribution in [3.05, 3.63) is 0 Å². The van der Waals surface area contributed by atoms with Gasteiger partial charge in [-0.2, -0.15) is 11.8 Å². The largest absolute Gasteiger partial charge is 0.550 e. The lowest BCUT2D eigenvalue weighted by atomic mass is 10.1. The van der Waals surface area contributed by atoms with Gasteiger partial charge in [0.25, 0.3) is 0 Å². The first kappa shape index (κ1) is 23.7. The lowest BCUT2D eigenvalue weighted by molar-refractivity contribution is -0.438. The molecule has 0 fully saturated rings. The van der Waals surface area contributed by atoms with E-state index < -0.39 is 54.3 Å². The van der Waals surface area contributed by atoms with Gasteiger partial charge in [-0.15, -0.1) is 0 Å². The monoisotopic (exact) mass is 391 g/mol. The topological polar surface area (TPSA) is 206 Å². The lowest BCUT2D eigenvalue weighted by Gasteiger charge is -2.20. The van der Waals surface area contributed by atoms with E-state index in [0.717, 1.165) is 11.8 Å². The number of amides is 2. The van der Waals surface area contributed by atoms with Gasteiger partial charge in [-0.3, -0.25) is 9.59 Å². The van der Waals surface area contributed by atoms with Crippen LogP contribution in [0.25, 0.3) is 0 Å². The Balaban J connectivity index is 4.67. The number of rotatable bonds is 13. The molecule has 0 aromatic heterocycles. The van der Waals surface area contributed by atoms with Gasteiger partial charge in [-0.1, -0.05) is 6.92 Å². The Morgan fingerprint density at radius 2 is 1.65 bits per heavy atom. The molecule has 26 heavy (non-hydrogen) atoms. The molecule has 0 aliphatic rings. The number of hydrogen-bond donors (Lipinski definition) is 3. The van der Waals surface area contributed by atoms with Gasteiger partial charge < -0.3 is 46.1 Å². The van der Waals surface area contributed by atoms with E-state index in [4.69, 9.17) is 0 Å². The molecule has 5 N–H and O–H groups in total. The maximum absolute atomic E-state index is 12.0. The molecule has 0 spiro atoms. The molecule has 2 amide bonds. The summed E-state index contributed by atoms with van der Waals surface area (Å²) in [6, 6.07) is -2.23. The molecule has 0 rings (SSSR count). The second kappa shape index (κ2) is 12.1. The molecule has 0 saturated heterocycles. The first-order chi connectivity index (χ1) is 12.0. The summed E-state index contributed by atoms with van der Waals surface area (Å²) in [4.78, 5) is 55.5. The highest BCUT2D eigenvalue weighted by molar-refractivity contribution is 7.99. The second-order valence-electron chi connectivity index (χ2n) is 5.52. The molecule has 11 nitrogen and oxygen atoms in total. The molecule has 0 radical (unpaired) electrons. The normalized spacial score (nSPS) is 13.9. The number of quaternary nitrogens is 1. The van der Waals surface area contributed by atoms with Crippen molar-refractivity contribution in [2.45, 2.75) is 31.8 Å².